The summed E-state index contributed by atoms with van der Waals surface area (Å²) in [5, 5.41) is 2.78. The summed E-state index contributed by atoms with van der Waals surface area (Å²) in [6, 6.07) is 5.76. The van der Waals surface area contributed by atoms with Crippen molar-refractivity contribution in [1.29, 1.82) is 0 Å². The first-order valence-electron chi connectivity index (χ1n) is 6.44. The highest BCUT2D eigenvalue weighted by atomic mass is 16.7. The first-order chi connectivity index (χ1) is 9.83. The molecule has 6 heteroatoms. The van der Waals surface area contributed by atoms with Gasteiger partial charge in [0, 0.05) is 6.54 Å². The van der Waals surface area contributed by atoms with Crippen LogP contribution >= 0.6 is 0 Å². The van der Waals surface area contributed by atoms with Crippen LogP contribution in [0.5, 0.6) is 11.5 Å². The lowest BCUT2D eigenvalue weighted by Crippen LogP contribution is -2.30. The van der Waals surface area contributed by atoms with Crippen LogP contribution in [-0.4, -0.2) is 32.5 Å². The molecule has 3 rings (SSSR count). The molecular formula is C14H15NO5. The van der Waals surface area contributed by atoms with Crippen LogP contribution in [0.3, 0.4) is 0 Å². The molecule has 6 nitrogen and oxygen atoms in total. The van der Waals surface area contributed by atoms with Crippen molar-refractivity contribution < 1.29 is 23.7 Å². The Morgan fingerprint density at radius 2 is 2.05 bits per heavy atom. The molecule has 0 spiro atoms. The van der Waals surface area contributed by atoms with Crippen LogP contribution in [0.25, 0.3) is 0 Å². The lowest BCUT2D eigenvalue weighted by Gasteiger charge is -2.15. The first-order valence-corrected chi connectivity index (χ1v) is 6.44. The van der Waals surface area contributed by atoms with E-state index in [0.29, 0.717) is 26.2 Å². The summed E-state index contributed by atoms with van der Waals surface area (Å²) in [6.07, 6.45) is 2.05. The molecule has 0 fully saturated rings. The largest absolute Gasteiger partial charge is 0.494 e. The van der Waals surface area contributed by atoms with Gasteiger partial charge in [-0.25, -0.2) is 0 Å². The van der Waals surface area contributed by atoms with Crippen molar-refractivity contribution in [2.45, 2.75) is 6.42 Å². The Morgan fingerprint density at radius 3 is 2.90 bits per heavy atom. The number of rotatable bonds is 4. The molecule has 0 aromatic heterocycles. The van der Waals surface area contributed by atoms with Crippen molar-refractivity contribution >= 4 is 5.91 Å². The number of nitrogens with one attached hydrogen (secondary N) is 1. The van der Waals surface area contributed by atoms with E-state index < -0.39 is 0 Å². The zero-order valence-corrected chi connectivity index (χ0v) is 10.9. The highest BCUT2D eigenvalue weighted by Gasteiger charge is 2.15. The molecule has 106 valence electrons. The van der Waals surface area contributed by atoms with Crippen LogP contribution in [0.4, 0.5) is 0 Å². The van der Waals surface area contributed by atoms with E-state index in [2.05, 4.69) is 5.32 Å². The van der Waals surface area contributed by atoms with Gasteiger partial charge in [-0.15, -0.1) is 0 Å². The number of carbonyl (C=O) groups excluding carboxylic acids is 1. The standard InChI is InChI=1S/C14H15NO5/c16-14(13-8-17-5-6-18-13)15-4-3-10-1-2-11-12(7-10)20-9-19-11/h1-2,7-8H,3-6,9H2,(H,15,16). The second kappa shape index (κ2) is 5.73. The number of hydrogen-bond donors (Lipinski definition) is 1. The minimum Gasteiger partial charge on any atom is -0.494 e. The van der Waals surface area contributed by atoms with Crippen LogP contribution in [0.15, 0.2) is 30.2 Å². The van der Waals surface area contributed by atoms with Crippen LogP contribution in [0.2, 0.25) is 0 Å². The van der Waals surface area contributed by atoms with Gasteiger partial charge in [-0.1, -0.05) is 6.07 Å². The molecule has 0 saturated heterocycles. The van der Waals surface area contributed by atoms with Crippen LogP contribution in [0, 0.1) is 0 Å². The SMILES string of the molecule is O=C(NCCc1ccc2c(c1)OCO2)C1=COCCO1. The van der Waals surface area contributed by atoms with E-state index in [4.69, 9.17) is 18.9 Å². The predicted molar refractivity (Wildman–Crippen MR) is 69.3 cm³/mol. The van der Waals surface area contributed by atoms with Crippen LogP contribution in [0.1, 0.15) is 5.56 Å². The highest BCUT2D eigenvalue weighted by Crippen LogP contribution is 2.32. The summed E-state index contributed by atoms with van der Waals surface area (Å²) >= 11 is 0. The van der Waals surface area contributed by atoms with Gasteiger partial charge < -0.3 is 24.3 Å². The minimum absolute atomic E-state index is 0.224. The molecule has 2 heterocycles. The molecule has 0 atom stereocenters. The summed E-state index contributed by atoms with van der Waals surface area (Å²) in [5.41, 5.74) is 1.07. The van der Waals surface area contributed by atoms with E-state index in [1.807, 2.05) is 18.2 Å². The van der Waals surface area contributed by atoms with Crippen LogP contribution < -0.4 is 14.8 Å². The molecule has 0 aliphatic carbocycles. The molecule has 1 N–H and O–H groups in total. The summed E-state index contributed by atoms with van der Waals surface area (Å²) in [7, 11) is 0. The van der Waals surface area contributed by atoms with Gasteiger partial charge in [-0.05, 0) is 24.1 Å². The van der Waals surface area contributed by atoms with Crippen LogP contribution in [-0.2, 0) is 20.7 Å². The lowest BCUT2D eigenvalue weighted by atomic mass is 10.1. The van der Waals surface area contributed by atoms with Gasteiger partial charge in [0.15, 0.2) is 11.5 Å². The maximum atomic E-state index is 11.7. The maximum Gasteiger partial charge on any atom is 0.289 e. The maximum absolute atomic E-state index is 11.7. The van der Waals surface area contributed by atoms with Gasteiger partial charge in [0.1, 0.15) is 19.5 Å². The quantitative estimate of drug-likeness (QED) is 0.888. The van der Waals surface area contributed by atoms with E-state index >= 15 is 0 Å². The number of hydrogen-bond acceptors (Lipinski definition) is 5. The van der Waals surface area contributed by atoms with Gasteiger partial charge >= 0.3 is 0 Å². The Morgan fingerprint density at radius 1 is 1.15 bits per heavy atom. The Labute approximate surface area is 116 Å². The van der Waals surface area contributed by atoms with Gasteiger partial charge in [-0.3, -0.25) is 4.79 Å². The predicted octanol–water partition coefficient (Wildman–Crippen LogP) is 0.962. The summed E-state index contributed by atoms with van der Waals surface area (Å²) in [4.78, 5) is 11.7. The van der Waals surface area contributed by atoms with Gasteiger partial charge in [0.25, 0.3) is 5.91 Å². The van der Waals surface area contributed by atoms with Crippen molar-refractivity contribution in [3.63, 3.8) is 0 Å². The summed E-state index contributed by atoms with van der Waals surface area (Å²) in [5.74, 6) is 1.48. The van der Waals surface area contributed by atoms with Gasteiger partial charge in [-0.2, -0.15) is 0 Å². The highest BCUT2D eigenvalue weighted by molar-refractivity contribution is 5.91. The minimum atomic E-state index is -0.259. The zero-order chi connectivity index (χ0) is 13.8. The molecule has 1 aromatic rings. The second-order valence-electron chi connectivity index (χ2n) is 4.39. The molecule has 0 saturated carbocycles. The molecular weight excluding hydrogens is 262 g/mol. The summed E-state index contributed by atoms with van der Waals surface area (Å²) in [6.45, 7) is 1.66. The Kier molecular flexibility index (Phi) is 3.62. The number of ether oxygens (including phenoxy) is 4. The number of amides is 1. The normalized spacial score (nSPS) is 15.9. The van der Waals surface area contributed by atoms with Crippen molar-refractivity contribution in [3.05, 3.63) is 35.8 Å². The second-order valence-corrected chi connectivity index (χ2v) is 4.39. The zero-order valence-electron chi connectivity index (χ0n) is 10.9. The smallest absolute Gasteiger partial charge is 0.289 e. The number of benzene rings is 1. The molecule has 2 aliphatic rings. The van der Waals surface area contributed by atoms with Crippen molar-refractivity contribution in [2.75, 3.05) is 26.6 Å². The number of carbonyl (C=O) groups is 1. The fourth-order valence-corrected chi connectivity index (χ4v) is 1.99. The molecule has 0 radical (unpaired) electrons. The van der Waals surface area contributed by atoms with E-state index in [-0.39, 0.29) is 18.5 Å². The van der Waals surface area contributed by atoms with Crippen molar-refractivity contribution in [2.24, 2.45) is 0 Å². The van der Waals surface area contributed by atoms with Gasteiger partial charge in [0.05, 0.1) is 0 Å². The average molecular weight is 277 g/mol. The number of fused-ring (bicyclic) bond motifs is 1. The fraction of sp³-hybridized carbons (Fsp3) is 0.357. The van der Waals surface area contributed by atoms with Gasteiger partial charge in [0.2, 0.25) is 12.6 Å². The van der Waals surface area contributed by atoms with E-state index in [1.165, 1.54) is 6.26 Å². The van der Waals surface area contributed by atoms with Crippen molar-refractivity contribution in [1.82, 2.24) is 5.32 Å². The molecule has 0 bridgehead atoms. The Bertz CT molecular complexity index is 540. The Balaban J connectivity index is 1.50. The third-order valence-corrected chi connectivity index (χ3v) is 3.01. The third kappa shape index (κ3) is 2.79. The average Bonchev–Trinajstić information content (AvgIpc) is 2.95. The molecule has 2 aliphatic heterocycles. The van der Waals surface area contributed by atoms with E-state index in [9.17, 15) is 4.79 Å². The van der Waals surface area contributed by atoms with E-state index in [1.54, 1.807) is 0 Å². The molecule has 1 aromatic carbocycles. The fourth-order valence-electron chi connectivity index (χ4n) is 1.99. The molecule has 0 unspecified atom stereocenters. The van der Waals surface area contributed by atoms with Crippen molar-refractivity contribution in [3.8, 4) is 11.5 Å². The molecule has 1 amide bonds. The summed E-state index contributed by atoms with van der Waals surface area (Å²) < 4.78 is 20.8. The topological polar surface area (TPSA) is 66.0 Å². The monoisotopic (exact) mass is 277 g/mol. The lowest BCUT2D eigenvalue weighted by molar-refractivity contribution is -0.122. The third-order valence-electron chi connectivity index (χ3n) is 3.01. The first kappa shape index (κ1) is 12.7. The van der Waals surface area contributed by atoms with E-state index in [0.717, 1.165) is 17.1 Å². The Hall–Kier alpha value is -2.37. The molecule has 20 heavy (non-hydrogen) atoms.